The molecule has 0 fully saturated rings. The zero-order valence-electron chi connectivity index (χ0n) is 23.6. The van der Waals surface area contributed by atoms with Gasteiger partial charge in [-0.1, -0.05) is 49.1 Å². The van der Waals surface area contributed by atoms with Crippen molar-refractivity contribution < 1.29 is 24.5 Å². The molecule has 6 heteroatoms. The molecule has 0 aliphatic carbocycles. The maximum atomic E-state index is 5.94. The van der Waals surface area contributed by atoms with Gasteiger partial charge in [0.05, 0.1) is 22.4 Å². The molecule has 7 aromatic rings. The molecule has 1 radical (unpaired) electrons. The van der Waals surface area contributed by atoms with Crippen LogP contribution in [0.4, 0.5) is 0 Å². The van der Waals surface area contributed by atoms with E-state index in [0.29, 0.717) is 11.6 Å². The van der Waals surface area contributed by atoms with Crippen molar-refractivity contribution in [3.05, 3.63) is 120 Å². The van der Waals surface area contributed by atoms with Crippen molar-refractivity contribution in [1.29, 1.82) is 0 Å². The van der Waals surface area contributed by atoms with Gasteiger partial charge in [-0.15, -0.1) is 54.1 Å². The van der Waals surface area contributed by atoms with Crippen molar-refractivity contribution in [2.45, 2.75) is 33.2 Å². The number of nitrogens with zero attached hydrogens (tertiary/aromatic N) is 4. The average molecular weight is 725 g/mol. The van der Waals surface area contributed by atoms with Gasteiger partial charge in [0, 0.05) is 43.9 Å². The Labute approximate surface area is 258 Å². The number of aromatic nitrogens is 4. The summed E-state index contributed by atoms with van der Waals surface area (Å²) in [5.41, 5.74) is 10.1. The first kappa shape index (κ1) is 27.8. The van der Waals surface area contributed by atoms with Crippen LogP contribution in [-0.4, -0.2) is 19.5 Å². The van der Waals surface area contributed by atoms with Gasteiger partial charge in [0.2, 0.25) is 5.71 Å². The minimum atomic E-state index is 0. The molecular formula is C36H28IrN4O-2. The predicted octanol–water partition coefficient (Wildman–Crippen LogP) is 8.80. The fourth-order valence-corrected chi connectivity index (χ4v) is 5.40. The van der Waals surface area contributed by atoms with Gasteiger partial charge in [0.1, 0.15) is 0 Å². The molecule has 5 heterocycles. The second-order valence-electron chi connectivity index (χ2n) is 10.6. The first-order chi connectivity index (χ1) is 20.1. The molecule has 209 valence electrons. The Balaban J connectivity index is 0.000000147. The molecule has 3 aromatic carbocycles. The molecule has 0 N–H and O–H groups in total. The topological polar surface area (TPSA) is 56.7 Å². The molecule has 0 atom stereocenters. The smallest absolute Gasteiger partial charge is 0.216 e. The fourth-order valence-electron chi connectivity index (χ4n) is 5.40. The maximum absolute atomic E-state index is 5.94. The first-order valence-electron chi connectivity index (χ1n) is 13.9. The molecule has 0 unspecified atom stereocenters. The minimum absolute atomic E-state index is 0. The Bertz CT molecular complexity index is 2060. The Hall–Kier alpha value is -4.38. The van der Waals surface area contributed by atoms with E-state index in [1.807, 2.05) is 67.6 Å². The average Bonchev–Trinajstić information content (AvgIpc) is 3.57. The van der Waals surface area contributed by atoms with Crippen LogP contribution in [0.25, 0.3) is 61.8 Å². The van der Waals surface area contributed by atoms with E-state index in [1.165, 1.54) is 16.6 Å². The van der Waals surface area contributed by atoms with Crippen LogP contribution >= 0.6 is 0 Å². The van der Waals surface area contributed by atoms with Crippen molar-refractivity contribution in [1.82, 2.24) is 19.5 Å². The molecule has 0 saturated carbocycles. The second-order valence-corrected chi connectivity index (χ2v) is 10.6. The summed E-state index contributed by atoms with van der Waals surface area (Å²) >= 11 is 0. The molecule has 0 spiro atoms. The number of furan rings is 1. The van der Waals surface area contributed by atoms with E-state index in [2.05, 4.69) is 70.9 Å². The van der Waals surface area contributed by atoms with Crippen LogP contribution in [0.2, 0.25) is 0 Å². The number of rotatable bonds is 3. The van der Waals surface area contributed by atoms with Crippen LogP contribution < -0.4 is 0 Å². The molecule has 5 nitrogen and oxygen atoms in total. The fraction of sp³-hybridized carbons (Fsp3) is 0.139. The van der Waals surface area contributed by atoms with Crippen LogP contribution in [0, 0.1) is 19.1 Å². The van der Waals surface area contributed by atoms with Crippen molar-refractivity contribution >= 4 is 39.2 Å². The number of imidazole rings is 1. The van der Waals surface area contributed by atoms with Crippen molar-refractivity contribution in [3.63, 3.8) is 0 Å². The number of hydrogen-bond acceptors (Lipinski definition) is 4. The molecule has 42 heavy (non-hydrogen) atoms. The molecule has 1 aliphatic heterocycles. The monoisotopic (exact) mass is 725 g/mol. The summed E-state index contributed by atoms with van der Waals surface area (Å²) in [5, 5.41) is 2.07. The SMILES string of the molecule is CC(C)c1cc2c3c(c1)nc(-c1[c-]cccc1)n3CC=C2.Cc1ccc2c(n1)oc1c(-c3ccccn3)[c-]ccc12.[Ir]. The van der Waals surface area contributed by atoms with Crippen LogP contribution in [0.3, 0.4) is 0 Å². The second kappa shape index (κ2) is 11.5. The standard InChI is InChI=1S/C19H17N2.C17H11N2O.Ir/c1-13(2)16-11-15-9-6-10-21-18(15)17(12-16)20-19(21)14-7-4-3-5-8-14;1-11-8-9-13-12-5-4-6-14(15-7-2-3-10-18-15)16(12)20-17(13)19-11;/h3-7,9,11-13H,10H2,1-2H3;2-5,7-10H,1H3;/q2*-1;. The van der Waals surface area contributed by atoms with E-state index < -0.39 is 0 Å². The van der Waals surface area contributed by atoms with E-state index in [1.54, 1.807) is 6.20 Å². The van der Waals surface area contributed by atoms with E-state index in [-0.39, 0.29) is 20.1 Å². The van der Waals surface area contributed by atoms with Gasteiger partial charge in [0.15, 0.2) is 0 Å². The van der Waals surface area contributed by atoms with Crippen LogP contribution in [-0.2, 0) is 26.7 Å². The van der Waals surface area contributed by atoms with E-state index in [0.717, 1.165) is 56.8 Å². The van der Waals surface area contributed by atoms with Gasteiger partial charge >= 0.3 is 0 Å². The third kappa shape index (κ3) is 4.98. The van der Waals surface area contributed by atoms with Crippen molar-refractivity contribution in [2.75, 3.05) is 0 Å². The molecule has 0 bridgehead atoms. The van der Waals surface area contributed by atoms with Crippen molar-refractivity contribution in [3.8, 4) is 22.6 Å². The summed E-state index contributed by atoms with van der Waals surface area (Å²) in [4.78, 5) is 13.7. The molecule has 8 rings (SSSR count). The van der Waals surface area contributed by atoms with Gasteiger partial charge in [-0.05, 0) is 60.0 Å². The maximum Gasteiger partial charge on any atom is 0.216 e. The number of aryl methyl sites for hydroxylation is 1. The third-order valence-electron chi connectivity index (χ3n) is 7.45. The van der Waals surface area contributed by atoms with Gasteiger partial charge in [0.25, 0.3) is 0 Å². The summed E-state index contributed by atoms with van der Waals surface area (Å²) < 4.78 is 8.23. The van der Waals surface area contributed by atoms with E-state index in [9.17, 15) is 0 Å². The predicted molar refractivity (Wildman–Crippen MR) is 165 cm³/mol. The summed E-state index contributed by atoms with van der Waals surface area (Å²) in [5.74, 6) is 1.52. The van der Waals surface area contributed by atoms with Crippen molar-refractivity contribution in [2.24, 2.45) is 0 Å². The van der Waals surface area contributed by atoms with Gasteiger partial charge in [-0.25, -0.2) is 4.98 Å². The minimum Gasteiger partial charge on any atom is -0.486 e. The Morgan fingerprint density at radius 2 is 1.79 bits per heavy atom. The normalized spacial score (nSPS) is 12.0. The van der Waals surface area contributed by atoms with Crippen LogP contribution in [0.5, 0.6) is 0 Å². The summed E-state index contributed by atoms with van der Waals surface area (Å²) in [7, 11) is 0. The zero-order chi connectivity index (χ0) is 27.9. The Morgan fingerprint density at radius 1 is 0.905 bits per heavy atom. The first-order valence-corrected chi connectivity index (χ1v) is 13.9. The number of pyridine rings is 2. The largest absolute Gasteiger partial charge is 0.486 e. The van der Waals surface area contributed by atoms with Gasteiger partial charge in [-0.3, -0.25) is 4.98 Å². The molecule has 0 saturated heterocycles. The number of hydrogen-bond donors (Lipinski definition) is 0. The number of fused-ring (bicyclic) bond motifs is 3. The molecule has 4 aromatic heterocycles. The van der Waals surface area contributed by atoms with Crippen LogP contribution in [0.1, 0.15) is 36.6 Å². The summed E-state index contributed by atoms with van der Waals surface area (Å²) in [6.07, 6.45) is 6.20. The third-order valence-corrected chi connectivity index (χ3v) is 7.45. The Morgan fingerprint density at radius 3 is 2.57 bits per heavy atom. The molecular weight excluding hydrogens is 697 g/mol. The molecule has 0 amide bonds. The number of allylic oxidation sites excluding steroid dienone is 1. The van der Waals surface area contributed by atoms with E-state index in [4.69, 9.17) is 9.40 Å². The van der Waals surface area contributed by atoms with Crippen LogP contribution in [0.15, 0.2) is 95.6 Å². The summed E-state index contributed by atoms with van der Waals surface area (Å²) in [6.45, 7) is 7.29. The van der Waals surface area contributed by atoms with E-state index >= 15 is 0 Å². The summed E-state index contributed by atoms with van der Waals surface area (Å²) in [6, 6.07) is 32.8. The Kier molecular flexibility index (Phi) is 7.59. The zero-order valence-corrected chi connectivity index (χ0v) is 25.9. The quantitative estimate of drug-likeness (QED) is 0.171. The van der Waals surface area contributed by atoms with Gasteiger partial charge in [-0.2, -0.15) is 0 Å². The number of benzene rings is 3. The molecule has 1 aliphatic rings. The van der Waals surface area contributed by atoms with Gasteiger partial charge < -0.3 is 14.0 Å².